The molecule has 0 radical (unpaired) electrons. The van der Waals surface area contributed by atoms with E-state index in [1.54, 1.807) is 36.4 Å². The van der Waals surface area contributed by atoms with E-state index < -0.39 is 0 Å². The number of rotatable bonds is 8. The molecule has 0 saturated carbocycles. The Hall–Kier alpha value is -3.02. The third kappa shape index (κ3) is 5.99. The van der Waals surface area contributed by atoms with Crippen molar-refractivity contribution in [3.8, 4) is 11.5 Å². The van der Waals surface area contributed by atoms with Crippen LogP contribution in [0.4, 0.5) is 0 Å². The van der Waals surface area contributed by atoms with E-state index in [0.717, 1.165) is 31.4 Å². The highest BCUT2D eigenvalue weighted by Crippen LogP contribution is 2.29. The van der Waals surface area contributed by atoms with Gasteiger partial charge < -0.3 is 20.1 Å². The van der Waals surface area contributed by atoms with Gasteiger partial charge in [-0.15, -0.1) is 0 Å². The number of unbranched alkanes of at least 4 members (excludes halogenated alkanes) is 1. The number of aromatic hydroxyl groups is 1. The molecule has 1 aliphatic heterocycles. The summed E-state index contributed by atoms with van der Waals surface area (Å²) in [4.78, 5) is 26.6. The molecule has 2 aromatic rings. The van der Waals surface area contributed by atoms with Crippen molar-refractivity contribution >= 4 is 11.8 Å². The number of benzene rings is 2. The van der Waals surface area contributed by atoms with Gasteiger partial charge in [-0.05, 0) is 67.1 Å². The van der Waals surface area contributed by atoms with Gasteiger partial charge in [0.25, 0.3) is 5.91 Å². The Labute approximate surface area is 177 Å². The average molecular weight is 411 g/mol. The van der Waals surface area contributed by atoms with Crippen molar-refractivity contribution in [2.45, 2.75) is 38.5 Å². The summed E-state index contributed by atoms with van der Waals surface area (Å²) in [5, 5.41) is 12.1. The van der Waals surface area contributed by atoms with E-state index >= 15 is 0 Å². The Bertz CT molecular complexity index is 825. The second-order valence-electron chi connectivity index (χ2n) is 7.66. The largest absolute Gasteiger partial charge is 0.508 e. The highest BCUT2D eigenvalue weighted by atomic mass is 16.5. The average Bonchev–Trinajstić information content (AvgIpc) is 2.78. The summed E-state index contributed by atoms with van der Waals surface area (Å²) < 4.78 is 5.60. The predicted molar refractivity (Wildman–Crippen MR) is 116 cm³/mol. The Morgan fingerprint density at radius 1 is 1.07 bits per heavy atom. The van der Waals surface area contributed by atoms with Gasteiger partial charge in [0.2, 0.25) is 5.91 Å². The van der Waals surface area contributed by atoms with Crippen molar-refractivity contribution < 1.29 is 19.4 Å². The molecule has 2 aromatic carbocycles. The van der Waals surface area contributed by atoms with Crippen LogP contribution in [0.5, 0.6) is 11.5 Å². The summed E-state index contributed by atoms with van der Waals surface area (Å²) in [7, 11) is 0. The molecule has 2 N–H and O–H groups in total. The van der Waals surface area contributed by atoms with Gasteiger partial charge in [0.1, 0.15) is 11.5 Å². The molecule has 30 heavy (non-hydrogen) atoms. The smallest absolute Gasteiger partial charge is 0.251 e. The number of carbonyl (C=O) groups excluding carboxylic acids is 2. The van der Waals surface area contributed by atoms with Crippen LogP contribution in [-0.2, 0) is 4.79 Å². The Balaban J connectivity index is 1.42. The Kier molecular flexibility index (Phi) is 7.71. The lowest BCUT2D eigenvalue weighted by Gasteiger charge is -2.32. The van der Waals surface area contributed by atoms with Gasteiger partial charge in [-0.3, -0.25) is 9.59 Å². The summed E-state index contributed by atoms with van der Waals surface area (Å²) in [6.07, 6.45) is 3.83. The van der Waals surface area contributed by atoms with Crippen molar-refractivity contribution in [3.05, 3.63) is 59.7 Å². The zero-order chi connectivity index (χ0) is 21.3. The van der Waals surface area contributed by atoms with Crippen LogP contribution < -0.4 is 10.1 Å². The van der Waals surface area contributed by atoms with Crippen LogP contribution in [0.2, 0.25) is 0 Å². The fourth-order valence-electron chi connectivity index (χ4n) is 3.62. The quantitative estimate of drug-likeness (QED) is 0.651. The molecule has 1 saturated heterocycles. The molecule has 0 aromatic heterocycles. The van der Waals surface area contributed by atoms with E-state index in [1.165, 1.54) is 5.56 Å². The monoisotopic (exact) mass is 410 g/mol. The zero-order valence-corrected chi connectivity index (χ0v) is 17.5. The number of nitrogens with zero attached hydrogens (tertiary/aromatic N) is 1. The van der Waals surface area contributed by atoms with Crippen LogP contribution in [-0.4, -0.2) is 48.1 Å². The van der Waals surface area contributed by atoms with Crippen LogP contribution in [0.3, 0.4) is 0 Å². The van der Waals surface area contributed by atoms with Crippen molar-refractivity contribution in [3.63, 3.8) is 0 Å². The number of hydrogen-bond acceptors (Lipinski definition) is 4. The van der Waals surface area contributed by atoms with E-state index in [9.17, 15) is 14.7 Å². The molecule has 160 valence electrons. The molecule has 0 spiro atoms. The second-order valence-corrected chi connectivity index (χ2v) is 7.66. The van der Waals surface area contributed by atoms with Crippen LogP contribution in [0.1, 0.15) is 54.4 Å². The van der Waals surface area contributed by atoms with Gasteiger partial charge >= 0.3 is 0 Å². The summed E-state index contributed by atoms with van der Waals surface area (Å²) in [6.45, 7) is 4.11. The minimum atomic E-state index is -0.262. The zero-order valence-electron chi connectivity index (χ0n) is 17.5. The first-order valence-corrected chi connectivity index (χ1v) is 10.6. The molecule has 3 rings (SSSR count). The van der Waals surface area contributed by atoms with Gasteiger partial charge in [-0.25, -0.2) is 0 Å². The topological polar surface area (TPSA) is 78.9 Å². The molecule has 0 bridgehead atoms. The van der Waals surface area contributed by atoms with Gasteiger partial charge in [-0.1, -0.05) is 25.5 Å². The fraction of sp³-hybridized carbons (Fsp3) is 0.417. The molecule has 1 fully saturated rings. The summed E-state index contributed by atoms with van der Waals surface area (Å²) in [6, 6.07) is 14.3. The lowest BCUT2D eigenvalue weighted by molar-refractivity contribution is -0.131. The Morgan fingerprint density at radius 3 is 2.37 bits per heavy atom. The number of phenols is 1. The van der Waals surface area contributed by atoms with Gasteiger partial charge in [0, 0.05) is 18.7 Å². The lowest BCUT2D eigenvalue weighted by atomic mass is 9.89. The highest BCUT2D eigenvalue weighted by Gasteiger charge is 2.24. The Morgan fingerprint density at radius 2 is 1.73 bits per heavy atom. The number of likely N-dealkylation sites (tertiary alicyclic amines) is 1. The van der Waals surface area contributed by atoms with Crippen LogP contribution >= 0.6 is 0 Å². The number of ether oxygens (including phenoxy) is 1. The first kappa shape index (κ1) is 21.7. The molecule has 0 atom stereocenters. The minimum absolute atomic E-state index is 0.00252. The van der Waals surface area contributed by atoms with Crippen molar-refractivity contribution in [2.75, 3.05) is 26.2 Å². The standard InChI is InChI=1S/C24H30N2O4/c1-2-3-16-30-22-10-6-20(7-11-22)24(29)25-17-23(28)26-14-12-19(13-15-26)18-4-8-21(27)9-5-18/h4-11,19,27H,2-3,12-17H2,1H3,(H,25,29). The first-order valence-electron chi connectivity index (χ1n) is 10.6. The second kappa shape index (κ2) is 10.7. The first-order chi connectivity index (χ1) is 14.6. The van der Waals surface area contributed by atoms with E-state index in [2.05, 4.69) is 12.2 Å². The minimum Gasteiger partial charge on any atom is -0.508 e. The molecule has 1 heterocycles. The maximum absolute atomic E-state index is 12.5. The third-order valence-electron chi connectivity index (χ3n) is 5.50. The number of amides is 2. The summed E-state index contributed by atoms with van der Waals surface area (Å²) >= 11 is 0. The van der Waals surface area contributed by atoms with E-state index in [4.69, 9.17) is 4.74 Å². The van der Waals surface area contributed by atoms with Crippen molar-refractivity contribution in [1.82, 2.24) is 10.2 Å². The fourth-order valence-corrected chi connectivity index (χ4v) is 3.62. The maximum Gasteiger partial charge on any atom is 0.251 e. The van der Waals surface area contributed by atoms with E-state index in [-0.39, 0.29) is 24.1 Å². The molecule has 0 unspecified atom stereocenters. The van der Waals surface area contributed by atoms with E-state index in [0.29, 0.717) is 31.2 Å². The predicted octanol–water partition coefficient (Wildman–Crippen LogP) is 3.71. The van der Waals surface area contributed by atoms with Crippen molar-refractivity contribution in [2.24, 2.45) is 0 Å². The van der Waals surface area contributed by atoms with Gasteiger partial charge in [0.15, 0.2) is 0 Å². The molecule has 2 amide bonds. The number of nitrogens with one attached hydrogen (secondary N) is 1. The van der Waals surface area contributed by atoms with E-state index in [1.807, 2.05) is 17.0 Å². The number of phenolic OH excluding ortho intramolecular Hbond substituents is 1. The molecular weight excluding hydrogens is 380 g/mol. The van der Waals surface area contributed by atoms with Gasteiger partial charge in [0.05, 0.1) is 13.2 Å². The molecule has 0 aliphatic carbocycles. The SMILES string of the molecule is CCCCOc1ccc(C(=O)NCC(=O)N2CCC(c3ccc(O)cc3)CC2)cc1. The van der Waals surface area contributed by atoms with Gasteiger partial charge in [-0.2, -0.15) is 0 Å². The maximum atomic E-state index is 12.5. The number of carbonyl (C=O) groups is 2. The highest BCUT2D eigenvalue weighted by molar-refractivity contribution is 5.96. The number of hydrogen-bond donors (Lipinski definition) is 2. The normalized spacial score (nSPS) is 14.4. The summed E-state index contributed by atoms with van der Waals surface area (Å²) in [5.74, 6) is 1.07. The molecule has 6 nitrogen and oxygen atoms in total. The van der Waals surface area contributed by atoms with Crippen molar-refractivity contribution in [1.29, 1.82) is 0 Å². The molecule has 6 heteroatoms. The summed E-state index contributed by atoms with van der Waals surface area (Å²) in [5.41, 5.74) is 1.70. The van der Waals surface area contributed by atoms with Crippen LogP contribution in [0, 0.1) is 0 Å². The van der Waals surface area contributed by atoms with Crippen LogP contribution in [0.15, 0.2) is 48.5 Å². The number of piperidine rings is 1. The molecular formula is C24H30N2O4. The lowest BCUT2D eigenvalue weighted by Crippen LogP contribution is -2.43. The molecule has 1 aliphatic rings. The third-order valence-corrected chi connectivity index (χ3v) is 5.50. The van der Waals surface area contributed by atoms with Crippen LogP contribution in [0.25, 0.3) is 0 Å².